The van der Waals surface area contributed by atoms with Gasteiger partial charge in [-0.2, -0.15) is 0 Å². The molecule has 0 aliphatic carbocycles. The van der Waals surface area contributed by atoms with E-state index in [4.69, 9.17) is 6.42 Å². The van der Waals surface area contributed by atoms with Gasteiger partial charge in [-0.05, 0) is 25.1 Å². The third-order valence-corrected chi connectivity index (χ3v) is 3.64. The Balaban J connectivity index is 2.25. The van der Waals surface area contributed by atoms with E-state index in [9.17, 15) is 0 Å². The zero-order valence-corrected chi connectivity index (χ0v) is 11.5. The SMILES string of the molecule is C#CC(C)(c1ccccc1)N(C)Cc1ccccc1. The van der Waals surface area contributed by atoms with Crippen molar-refractivity contribution in [1.82, 2.24) is 4.90 Å². The Morgan fingerprint density at radius 2 is 1.53 bits per heavy atom. The average Bonchev–Trinajstić information content (AvgIpc) is 2.48. The van der Waals surface area contributed by atoms with Crippen molar-refractivity contribution in [3.8, 4) is 12.3 Å². The molecular formula is C18H19N. The van der Waals surface area contributed by atoms with Gasteiger partial charge in [0.25, 0.3) is 0 Å². The molecule has 0 aromatic heterocycles. The van der Waals surface area contributed by atoms with Crippen LogP contribution in [0.3, 0.4) is 0 Å². The molecule has 0 N–H and O–H groups in total. The number of hydrogen-bond donors (Lipinski definition) is 0. The molecule has 0 amide bonds. The maximum absolute atomic E-state index is 5.80. The largest absolute Gasteiger partial charge is 0.283 e. The zero-order chi connectivity index (χ0) is 13.7. The summed E-state index contributed by atoms with van der Waals surface area (Å²) in [4.78, 5) is 2.21. The van der Waals surface area contributed by atoms with Crippen LogP contribution in [0.1, 0.15) is 18.1 Å². The van der Waals surface area contributed by atoms with Gasteiger partial charge < -0.3 is 0 Å². The lowest BCUT2D eigenvalue weighted by Gasteiger charge is -2.35. The summed E-state index contributed by atoms with van der Waals surface area (Å²) < 4.78 is 0. The lowest BCUT2D eigenvalue weighted by Crippen LogP contribution is -2.39. The first-order chi connectivity index (χ1) is 9.16. The Hall–Kier alpha value is -2.04. The molecule has 19 heavy (non-hydrogen) atoms. The summed E-state index contributed by atoms with van der Waals surface area (Å²) in [6, 6.07) is 20.6. The van der Waals surface area contributed by atoms with Crippen LogP contribution in [0.5, 0.6) is 0 Å². The molecule has 0 saturated carbocycles. The summed E-state index contributed by atoms with van der Waals surface area (Å²) in [5.41, 5.74) is 2.02. The van der Waals surface area contributed by atoms with Crippen molar-refractivity contribution in [2.75, 3.05) is 7.05 Å². The van der Waals surface area contributed by atoms with E-state index in [-0.39, 0.29) is 0 Å². The van der Waals surface area contributed by atoms with Crippen LogP contribution in [0.15, 0.2) is 60.7 Å². The van der Waals surface area contributed by atoms with E-state index in [1.54, 1.807) is 0 Å². The molecule has 2 rings (SSSR count). The standard InChI is InChI=1S/C18H19N/c1-4-18(2,17-13-9-6-10-14-17)19(3)15-16-11-7-5-8-12-16/h1,5-14H,15H2,2-3H3. The van der Waals surface area contributed by atoms with Crippen LogP contribution >= 0.6 is 0 Å². The van der Waals surface area contributed by atoms with E-state index in [2.05, 4.69) is 61.2 Å². The molecule has 1 atom stereocenters. The fourth-order valence-electron chi connectivity index (χ4n) is 2.19. The Morgan fingerprint density at radius 1 is 1.00 bits per heavy atom. The van der Waals surface area contributed by atoms with Crippen LogP contribution in [0.2, 0.25) is 0 Å². The van der Waals surface area contributed by atoms with E-state index in [1.807, 2.05) is 24.3 Å². The lowest BCUT2D eigenvalue weighted by atomic mass is 9.91. The van der Waals surface area contributed by atoms with Crippen LogP contribution in [0.25, 0.3) is 0 Å². The van der Waals surface area contributed by atoms with Gasteiger partial charge in [0.15, 0.2) is 0 Å². The Morgan fingerprint density at radius 3 is 2.05 bits per heavy atom. The van der Waals surface area contributed by atoms with Gasteiger partial charge in [0, 0.05) is 6.54 Å². The van der Waals surface area contributed by atoms with E-state index in [0.717, 1.165) is 12.1 Å². The van der Waals surface area contributed by atoms with Crippen LogP contribution in [-0.4, -0.2) is 11.9 Å². The van der Waals surface area contributed by atoms with Crippen LogP contribution in [0.4, 0.5) is 0 Å². The van der Waals surface area contributed by atoms with Crippen molar-refractivity contribution >= 4 is 0 Å². The first kappa shape index (κ1) is 13.4. The summed E-state index contributed by atoms with van der Waals surface area (Å²) in [6.45, 7) is 2.92. The van der Waals surface area contributed by atoms with Gasteiger partial charge in [0.1, 0.15) is 5.54 Å². The molecule has 0 heterocycles. The first-order valence-corrected chi connectivity index (χ1v) is 6.45. The van der Waals surface area contributed by atoms with Crippen molar-refractivity contribution < 1.29 is 0 Å². The van der Waals surface area contributed by atoms with Crippen molar-refractivity contribution in [2.45, 2.75) is 19.0 Å². The van der Waals surface area contributed by atoms with Gasteiger partial charge in [-0.25, -0.2) is 0 Å². The minimum Gasteiger partial charge on any atom is -0.283 e. The van der Waals surface area contributed by atoms with Crippen LogP contribution in [-0.2, 0) is 12.1 Å². The zero-order valence-electron chi connectivity index (χ0n) is 11.5. The van der Waals surface area contributed by atoms with Gasteiger partial charge in [-0.1, -0.05) is 66.6 Å². The van der Waals surface area contributed by atoms with E-state index in [0.29, 0.717) is 0 Å². The average molecular weight is 249 g/mol. The van der Waals surface area contributed by atoms with Crippen molar-refractivity contribution in [3.05, 3.63) is 71.8 Å². The monoisotopic (exact) mass is 249 g/mol. The van der Waals surface area contributed by atoms with Crippen molar-refractivity contribution in [1.29, 1.82) is 0 Å². The topological polar surface area (TPSA) is 3.24 Å². The molecule has 2 aromatic rings. The Labute approximate surface area is 115 Å². The molecular weight excluding hydrogens is 230 g/mol. The number of hydrogen-bond acceptors (Lipinski definition) is 1. The summed E-state index contributed by atoms with van der Waals surface area (Å²) in [6.07, 6.45) is 5.80. The maximum Gasteiger partial charge on any atom is 0.105 e. The molecule has 0 spiro atoms. The summed E-state index contributed by atoms with van der Waals surface area (Å²) in [5.74, 6) is 2.94. The second kappa shape index (κ2) is 5.73. The highest BCUT2D eigenvalue weighted by Gasteiger charge is 2.28. The Bertz CT molecular complexity index is 553. The summed E-state index contributed by atoms with van der Waals surface area (Å²) >= 11 is 0. The molecule has 0 fully saturated rings. The van der Waals surface area contributed by atoms with E-state index < -0.39 is 5.54 Å². The van der Waals surface area contributed by atoms with Gasteiger partial charge in [0.05, 0.1) is 0 Å². The van der Waals surface area contributed by atoms with Gasteiger partial charge in [0.2, 0.25) is 0 Å². The van der Waals surface area contributed by atoms with Crippen LogP contribution < -0.4 is 0 Å². The van der Waals surface area contributed by atoms with Crippen molar-refractivity contribution in [3.63, 3.8) is 0 Å². The molecule has 1 unspecified atom stereocenters. The number of terminal acetylenes is 1. The molecule has 0 radical (unpaired) electrons. The molecule has 1 nitrogen and oxygen atoms in total. The predicted octanol–water partition coefficient (Wildman–Crippen LogP) is 3.67. The quantitative estimate of drug-likeness (QED) is 0.747. The lowest BCUT2D eigenvalue weighted by molar-refractivity contribution is 0.188. The summed E-state index contributed by atoms with van der Waals surface area (Å²) in [7, 11) is 2.07. The second-order valence-electron chi connectivity index (χ2n) is 4.92. The van der Waals surface area contributed by atoms with Gasteiger partial charge >= 0.3 is 0 Å². The molecule has 0 aliphatic heterocycles. The fraction of sp³-hybridized carbons (Fsp3) is 0.222. The number of nitrogens with zero attached hydrogens (tertiary/aromatic N) is 1. The summed E-state index contributed by atoms with van der Waals surface area (Å²) in [5, 5.41) is 0. The molecule has 0 aliphatic rings. The van der Waals surface area contributed by atoms with Gasteiger partial charge in [-0.3, -0.25) is 4.90 Å². The number of rotatable bonds is 4. The minimum atomic E-state index is -0.392. The highest BCUT2D eigenvalue weighted by molar-refractivity contribution is 5.32. The van der Waals surface area contributed by atoms with E-state index >= 15 is 0 Å². The highest BCUT2D eigenvalue weighted by Crippen LogP contribution is 2.27. The molecule has 0 bridgehead atoms. The van der Waals surface area contributed by atoms with Crippen molar-refractivity contribution in [2.24, 2.45) is 0 Å². The Kier molecular flexibility index (Phi) is 4.04. The first-order valence-electron chi connectivity index (χ1n) is 6.45. The van der Waals surface area contributed by atoms with Gasteiger partial charge in [-0.15, -0.1) is 6.42 Å². The molecule has 0 saturated heterocycles. The van der Waals surface area contributed by atoms with Crippen LogP contribution in [0, 0.1) is 12.3 Å². The smallest absolute Gasteiger partial charge is 0.105 e. The highest BCUT2D eigenvalue weighted by atomic mass is 15.2. The third kappa shape index (κ3) is 2.86. The van der Waals surface area contributed by atoms with E-state index in [1.165, 1.54) is 5.56 Å². The normalized spacial score (nSPS) is 13.8. The molecule has 1 heteroatoms. The second-order valence-corrected chi connectivity index (χ2v) is 4.92. The number of benzene rings is 2. The maximum atomic E-state index is 5.80. The minimum absolute atomic E-state index is 0.392. The third-order valence-electron chi connectivity index (χ3n) is 3.64. The molecule has 96 valence electrons. The predicted molar refractivity (Wildman–Crippen MR) is 80.5 cm³/mol. The molecule has 2 aromatic carbocycles. The fourth-order valence-corrected chi connectivity index (χ4v) is 2.19.